The van der Waals surface area contributed by atoms with Crippen LogP contribution in [0.5, 0.6) is 0 Å². The summed E-state index contributed by atoms with van der Waals surface area (Å²) in [6.07, 6.45) is 0.981. The fraction of sp³-hybridized carbons (Fsp3) is 0.929. The second-order valence-corrected chi connectivity index (χ2v) is 9.70. The molecule has 0 saturated heterocycles. The second kappa shape index (κ2) is 8.41. The van der Waals surface area contributed by atoms with E-state index in [0.29, 0.717) is 32.3 Å². The Balaban J connectivity index is 4.57. The standard InChI is InChI=1S/C14H28NO3PS/c1-13(2,3)10-17-19(16,9-7-8-15-12-20)18-11-14(4,5)6/h7-11H2,1-6H3. The second-order valence-electron chi connectivity index (χ2n) is 7.33. The van der Waals surface area contributed by atoms with Crippen LogP contribution in [0.1, 0.15) is 48.0 Å². The van der Waals surface area contributed by atoms with Crippen molar-refractivity contribution in [3.8, 4) is 0 Å². The van der Waals surface area contributed by atoms with Crippen molar-refractivity contribution in [3.63, 3.8) is 0 Å². The van der Waals surface area contributed by atoms with Crippen molar-refractivity contribution in [1.29, 1.82) is 0 Å². The van der Waals surface area contributed by atoms with Crippen LogP contribution in [0.4, 0.5) is 0 Å². The molecule has 4 nitrogen and oxygen atoms in total. The lowest BCUT2D eigenvalue weighted by Gasteiger charge is -2.27. The van der Waals surface area contributed by atoms with Crippen molar-refractivity contribution >= 4 is 25.0 Å². The summed E-state index contributed by atoms with van der Waals surface area (Å²) in [4.78, 5) is 3.83. The summed E-state index contributed by atoms with van der Waals surface area (Å²) in [6.45, 7) is 13.6. The van der Waals surface area contributed by atoms with Gasteiger partial charge in [0, 0.05) is 6.54 Å². The van der Waals surface area contributed by atoms with Gasteiger partial charge >= 0.3 is 7.60 Å². The Morgan fingerprint density at radius 2 is 1.50 bits per heavy atom. The third-order valence-electron chi connectivity index (χ3n) is 2.15. The van der Waals surface area contributed by atoms with Crippen LogP contribution in [0.15, 0.2) is 4.99 Å². The fourth-order valence-electron chi connectivity index (χ4n) is 1.14. The van der Waals surface area contributed by atoms with Crippen molar-refractivity contribution in [2.75, 3.05) is 25.9 Å². The van der Waals surface area contributed by atoms with E-state index in [4.69, 9.17) is 9.05 Å². The van der Waals surface area contributed by atoms with Crippen LogP contribution in [0, 0.1) is 10.8 Å². The van der Waals surface area contributed by atoms with Crippen LogP contribution in [0.3, 0.4) is 0 Å². The van der Waals surface area contributed by atoms with E-state index < -0.39 is 7.60 Å². The maximum atomic E-state index is 12.7. The van der Waals surface area contributed by atoms with Gasteiger partial charge < -0.3 is 9.05 Å². The van der Waals surface area contributed by atoms with Gasteiger partial charge in [-0.15, -0.1) is 0 Å². The van der Waals surface area contributed by atoms with Gasteiger partial charge in [-0.3, -0.25) is 4.57 Å². The lowest BCUT2D eigenvalue weighted by molar-refractivity contribution is 0.123. The smallest absolute Gasteiger partial charge is 0.308 e. The number of nitrogens with zero attached hydrogens (tertiary/aromatic N) is 1. The van der Waals surface area contributed by atoms with E-state index in [0.717, 1.165) is 0 Å². The molecule has 0 aliphatic heterocycles. The summed E-state index contributed by atoms with van der Waals surface area (Å²) in [5.74, 6) is 0. The number of hydrogen-bond donors (Lipinski definition) is 0. The Labute approximate surface area is 128 Å². The number of isothiocyanates is 1. The van der Waals surface area contributed by atoms with Gasteiger partial charge in [-0.1, -0.05) is 41.5 Å². The number of rotatable bonds is 8. The molecule has 0 spiro atoms. The molecule has 118 valence electrons. The van der Waals surface area contributed by atoms with Crippen molar-refractivity contribution in [2.45, 2.75) is 48.0 Å². The van der Waals surface area contributed by atoms with E-state index in [2.05, 4.69) is 22.4 Å². The van der Waals surface area contributed by atoms with E-state index in [1.54, 1.807) is 0 Å². The monoisotopic (exact) mass is 321 g/mol. The topological polar surface area (TPSA) is 47.9 Å². The summed E-state index contributed by atoms with van der Waals surface area (Å²) in [5.41, 5.74) is -0.0966. The van der Waals surface area contributed by atoms with Crippen molar-refractivity contribution in [2.24, 2.45) is 15.8 Å². The van der Waals surface area contributed by atoms with Crippen molar-refractivity contribution in [3.05, 3.63) is 0 Å². The lowest BCUT2D eigenvalue weighted by Crippen LogP contribution is -2.18. The lowest BCUT2D eigenvalue weighted by atomic mass is 9.99. The number of aliphatic imine (C=N–C) groups is 1. The van der Waals surface area contributed by atoms with E-state index in [-0.39, 0.29) is 10.8 Å². The van der Waals surface area contributed by atoms with Crippen LogP contribution < -0.4 is 0 Å². The molecule has 0 bridgehead atoms. The first-order valence-corrected chi connectivity index (χ1v) is 9.03. The molecule has 0 rings (SSSR count). The van der Waals surface area contributed by atoms with Gasteiger partial charge in [-0.05, 0) is 29.5 Å². The van der Waals surface area contributed by atoms with Crippen LogP contribution in [-0.2, 0) is 13.6 Å². The first-order chi connectivity index (χ1) is 8.97. The molecule has 0 unspecified atom stereocenters. The Morgan fingerprint density at radius 3 is 1.85 bits per heavy atom. The molecular formula is C14H28NO3PS. The minimum atomic E-state index is -3.07. The van der Waals surface area contributed by atoms with Gasteiger partial charge in [0.25, 0.3) is 0 Å². The quantitative estimate of drug-likeness (QED) is 0.279. The highest BCUT2D eigenvalue weighted by atomic mass is 32.1. The predicted octanol–water partition coefficient (Wildman–Crippen LogP) is 4.80. The molecule has 0 heterocycles. The minimum absolute atomic E-state index is 0.0483. The van der Waals surface area contributed by atoms with E-state index in [9.17, 15) is 4.57 Å². The maximum absolute atomic E-state index is 12.7. The Kier molecular flexibility index (Phi) is 8.39. The summed E-state index contributed by atoms with van der Waals surface area (Å²) in [6, 6.07) is 0. The van der Waals surface area contributed by atoms with Gasteiger partial charge in [-0.2, -0.15) is 0 Å². The third-order valence-corrected chi connectivity index (χ3v) is 4.19. The summed E-state index contributed by atoms with van der Waals surface area (Å²) in [5, 5.41) is 2.30. The molecule has 20 heavy (non-hydrogen) atoms. The molecular weight excluding hydrogens is 293 g/mol. The molecule has 0 aromatic carbocycles. The SMILES string of the molecule is CC(C)(C)COP(=O)(CCCN=C=S)OCC(C)(C)C. The summed E-state index contributed by atoms with van der Waals surface area (Å²) < 4.78 is 24.0. The molecule has 0 aromatic rings. The van der Waals surface area contributed by atoms with E-state index in [1.807, 2.05) is 41.5 Å². The normalized spacial score (nSPS) is 13.1. The Bertz CT molecular complexity index is 357. The highest BCUT2D eigenvalue weighted by molar-refractivity contribution is 7.78. The largest absolute Gasteiger partial charge is 0.330 e. The zero-order valence-electron chi connectivity index (χ0n) is 13.6. The summed E-state index contributed by atoms with van der Waals surface area (Å²) in [7, 11) is -3.07. The number of hydrogen-bond acceptors (Lipinski definition) is 5. The number of thiocarbonyl (C=S) groups is 1. The minimum Gasteiger partial charge on any atom is -0.308 e. The van der Waals surface area contributed by atoms with Crippen LogP contribution >= 0.6 is 19.8 Å². The van der Waals surface area contributed by atoms with Crippen LogP contribution in [0.2, 0.25) is 0 Å². The average molecular weight is 321 g/mol. The molecule has 0 saturated carbocycles. The molecule has 0 amide bonds. The Morgan fingerprint density at radius 1 is 1.05 bits per heavy atom. The molecule has 0 aliphatic carbocycles. The first-order valence-electron chi connectivity index (χ1n) is 6.89. The third kappa shape index (κ3) is 11.7. The highest BCUT2D eigenvalue weighted by Gasteiger charge is 2.28. The molecule has 0 aromatic heterocycles. The molecule has 0 aliphatic rings. The average Bonchev–Trinajstić information content (AvgIpc) is 2.29. The highest BCUT2D eigenvalue weighted by Crippen LogP contribution is 2.50. The van der Waals surface area contributed by atoms with Gasteiger partial charge in [0.2, 0.25) is 0 Å². The fourth-order valence-corrected chi connectivity index (χ4v) is 3.26. The molecule has 0 atom stereocenters. The molecule has 6 heteroatoms. The van der Waals surface area contributed by atoms with Crippen molar-refractivity contribution < 1.29 is 13.6 Å². The van der Waals surface area contributed by atoms with Crippen LogP contribution in [0.25, 0.3) is 0 Å². The molecule has 0 N–H and O–H groups in total. The molecule has 0 fully saturated rings. The zero-order chi connectivity index (χ0) is 15.9. The van der Waals surface area contributed by atoms with Gasteiger partial charge in [0.15, 0.2) is 0 Å². The molecule has 0 radical (unpaired) electrons. The Hall–Kier alpha value is -0.0500. The van der Waals surface area contributed by atoms with E-state index in [1.165, 1.54) is 0 Å². The van der Waals surface area contributed by atoms with Gasteiger partial charge in [0.05, 0.1) is 24.5 Å². The first kappa shape index (κ1) is 19.9. The maximum Gasteiger partial charge on any atom is 0.330 e. The van der Waals surface area contributed by atoms with Crippen LogP contribution in [-0.4, -0.2) is 31.1 Å². The van der Waals surface area contributed by atoms with E-state index >= 15 is 0 Å². The van der Waals surface area contributed by atoms with Gasteiger partial charge in [0.1, 0.15) is 0 Å². The zero-order valence-corrected chi connectivity index (χ0v) is 15.3. The van der Waals surface area contributed by atoms with Gasteiger partial charge in [-0.25, -0.2) is 4.99 Å². The van der Waals surface area contributed by atoms with Crippen molar-refractivity contribution in [1.82, 2.24) is 0 Å². The predicted molar refractivity (Wildman–Crippen MR) is 87.8 cm³/mol. The summed E-state index contributed by atoms with van der Waals surface area (Å²) >= 11 is 4.51.